The minimum absolute atomic E-state index is 0.257. The summed E-state index contributed by atoms with van der Waals surface area (Å²) in [6.07, 6.45) is 3.95. The Kier molecular flexibility index (Phi) is 4.19. The number of fused-ring (bicyclic) bond motifs is 1. The Hall–Kier alpha value is -2.73. The molecule has 2 N–H and O–H groups in total. The molecule has 5 nitrogen and oxygen atoms in total. The van der Waals surface area contributed by atoms with E-state index in [0.29, 0.717) is 17.3 Å². The third-order valence-electron chi connectivity index (χ3n) is 4.62. The van der Waals surface area contributed by atoms with Crippen LogP contribution in [0.2, 0.25) is 0 Å². The topological polar surface area (TPSA) is 59.0 Å². The Morgan fingerprint density at radius 2 is 1.92 bits per heavy atom. The van der Waals surface area contributed by atoms with Crippen LogP contribution in [0.3, 0.4) is 0 Å². The Morgan fingerprint density at radius 1 is 1.16 bits per heavy atom. The largest absolute Gasteiger partial charge is 0.322 e. The molecule has 0 unspecified atom stereocenters. The molecular formula is C19H19FN4O. The van der Waals surface area contributed by atoms with E-state index < -0.39 is 0 Å². The number of rotatable bonds is 3. The van der Waals surface area contributed by atoms with Gasteiger partial charge in [-0.25, -0.2) is 4.39 Å². The molecule has 25 heavy (non-hydrogen) atoms. The van der Waals surface area contributed by atoms with E-state index >= 15 is 0 Å². The highest BCUT2D eigenvalue weighted by Gasteiger charge is 2.18. The number of benzene rings is 2. The van der Waals surface area contributed by atoms with Crippen LogP contribution < -0.4 is 10.6 Å². The number of hydrogen-bond acceptors (Lipinski definition) is 3. The summed E-state index contributed by atoms with van der Waals surface area (Å²) in [5, 5.41) is 11.8. The molecule has 128 valence electrons. The minimum atomic E-state index is -0.358. The number of carbonyl (C=O) groups excluding carboxylic acids is 1. The van der Waals surface area contributed by atoms with Crippen molar-refractivity contribution in [3.05, 3.63) is 60.0 Å². The zero-order chi connectivity index (χ0) is 17.2. The fraction of sp³-hybridized carbons (Fsp3) is 0.263. The molecule has 0 atom stereocenters. The Bertz CT molecular complexity index is 897. The van der Waals surface area contributed by atoms with Gasteiger partial charge in [-0.05, 0) is 68.4 Å². The average molecular weight is 338 g/mol. The molecule has 0 spiro atoms. The normalized spacial score (nSPS) is 15.4. The number of nitrogens with zero attached hydrogens (tertiary/aromatic N) is 2. The molecule has 1 saturated heterocycles. The van der Waals surface area contributed by atoms with Crippen LogP contribution in [0.4, 0.5) is 10.1 Å². The molecule has 1 fully saturated rings. The van der Waals surface area contributed by atoms with Crippen molar-refractivity contribution in [1.82, 2.24) is 15.1 Å². The summed E-state index contributed by atoms with van der Waals surface area (Å²) < 4.78 is 15.1. The minimum Gasteiger partial charge on any atom is -0.322 e. The van der Waals surface area contributed by atoms with Crippen molar-refractivity contribution in [2.45, 2.75) is 18.9 Å². The van der Waals surface area contributed by atoms with Gasteiger partial charge in [0.15, 0.2) is 0 Å². The highest BCUT2D eigenvalue weighted by atomic mass is 19.1. The lowest BCUT2D eigenvalue weighted by Gasteiger charge is -2.23. The van der Waals surface area contributed by atoms with Crippen molar-refractivity contribution >= 4 is 22.5 Å². The Morgan fingerprint density at radius 3 is 2.68 bits per heavy atom. The highest BCUT2D eigenvalue weighted by Crippen LogP contribution is 2.26. The first kappa shape index (κ1) is 15.8. The number of amides is 1. The van der Waals surface area contributed by atoms with Gasteiger partial charge < -0.3 is 10.6 Å². The van der Waals surface area contributed by atoms with Gasteiger partial charge >= 0.3 is 0 Å². The van der Waals surface area contributed by atoms with Crippen molar-refractivity contribution in [3.8, 4) is 0 Å². The number of anilines is 1. The predicted octanol–water partition coefficient (Wildman–Crippen LogP) is 3.35. The van der Waals surface area contributed by atoms with Gasteiger partial charge in [-0.1, -0.05) is 0 Å². The lowest BCUT2D eigenvalue weighted by molar-refractivity contribution is 0.102. The number of carbonyl (C=O) groups is 1. The number of halogens is 1. The van der Waals surface area contributed by atoms with Crippen LogP contribution in [0, 0.1) is 5.82 Å². The SMILES string of the molecule is O=C(Nc1ccc2cnn(C3CCNCC3)c2c1)c1ccc(F)cc1. The standard InChI is InChI=1S/C19H19FN4O/c20-15-4-1-13(2-5-15)19(25)23-16-6-3-14-12-22-24(18(14)11-16)17-7-9-21-10-8-17/h1-6,11-12,17,21H,7-10H2,(H,23,25). The van der Waals surface area contributed by atoms with Gasteiger partial charge in [0.1, 0.15) is 5.82 Å². The molecule has 0 saturated carbocycles. The molecule has 4 rings (SSSR count). The monoisotopic (exact) mass is 338 g/mol. The van der Waals surface area contributed by atoms with E-state index in [1.165, 1.54) is 24.3 Å². The molecule has 2 heterocycles. The second-order valence-corrected chi connectivity index (χ2v) is 6.30. The van der Waals surface area contributed by atoms with Crippen molar-refractivity contribution in [3.63, 3.8) is 0 Å². The zero-order valence-corrected chi connectivity index (χ0v) is 13.7. The maximum absolute atomic E-state index is 13.0. The summed E-state index contributed by atoms with van der Waals surface area (Å²) >= 11 is 0. The molecule has 2 aromatic carbocycles. The van der Waals surface area contributed by atoms with E-state index in [-0.39, 0.29) is 11.7 Å². The van der Waals surface area contributed by atoms with Crippen molar-refractivity contribution in [2.75, 3.05) is 18.4 Å². The maximum atomic E-state index is 13.0. The van der Waals surface area contributed by atoms with Crippen LogP contribution >= 0.6 is 0 Å². The number of aromatic nitrogens is 2. The summed E-state index contributed by atoms with van der Waals surface area (Å²) in [4.78, 5) is 12.3. The van der Waals surface area contributed by atoms with Gasteiger partial charge in [0, 0.05) is 16.6 Å². The quantitative estimate of drug-likeness (QED) is 0.770. The van der Waals surface area contributed by atoms with Crippen LogP contribution in [-0.4, -0.2) is 28.8 Å². The molecule has 1 aliphatic rings. The van der Waals surface area contributed by atoms with Crippen LogP contribution in [0.25, 0.3) is 10.9 Å². The Labute approximate surface area is 144 Å². The molecule has 0 bridgehead atoms. The lowest BCUT2D eigenvalue weighted by Crippen LogP contribution is -2.29. The fourth-order valence-electron chi connectivity index (χ4n) is 3.26. The first-order chi connectivity index (χ1) is 12.2. The first-order valence-corrected chi connectivity index (χ1v) is 8.45. The summed E-state index contributed by atoms with van der Waals surface area (Å²) in [7, 11) is 0. The molecule has 3 aromatic rings. The van der Waals surface area contributed by atoms with E-state index in [9.17, 15) is 9.18 Å². The van der Waals surface area contributed by atoms with Gasteiger partial charge in [0.2, 0.25) is 0 Å². The van der Waals surface area contributed by atoms with E-state index in [0.717, 1.165) is 36.8 Å². The fourth-order valence-corrected chi connectivity index (χ4v) is 3.26. The van der Waals surface area contributed by atoms with Gasteiger partial charge in [0.05, 0.1) is 17.8 Å². The van der Waals surface area contributed by atoms with Gasteiger partial charge in [-0.15, -0.1) is 0 Å². The number of piperidine rings is 1. The third kappa shape index (κ3) is 3.25. The summed E-state index contributed by atoms with van der Waals surface area (Å²) in [5.74, 6) is -0.615. The third-order valence-corrected chi connectivity index (χ3v) is 4.62. The van der Waals surface area contributed by atoms with Crippen LogP contribution in [-0.2, 0) is 0 Å². The Balaban J connectivity index is 1.59. The van der Waals surface area contributed by atoms with Crippen molar-refractivity contribution < 1.29 is 9.18 Å². The van der Waals surface area contributed by atoms with Crippen molar-refractivity contribution in [1.29, 1.82) is 0 Å². The molecule has 1 amide bonds. The summed E-state index contributed by atoms with van der Waals surface area (Å²) in [5.41, 5.74) is 2.15. The second kappa shape index (κ2) is 6.64. The maximum Gasteiger partial charge on any atom is 0.255 e. The zero-order valence-electron chi connectivity index (χ0n) is 13.7. The van der Waals surface area contributed by atoms with E-state index in [2.05, 4.69) is 20.4 Å². The molecule has 6 heteroatoms. The van der Waals surface area contributed by atoms with Crippen LogP contribution in [0.15, 0.2) is 48.7 Å². The van der Waals surface area contributed by atoms with Gasteiger partial charge in [0.25, 0.3) is 5.91 Å². The van der Waals surface area contributed by atoms with Crippen LogP contribution in [0.1, 0.15) is 29.2 Å². The molecule has 1 aromatic heterocycles. The average Bonchev–Trinajstić information content (AvgIpc) is 3.06. The van der Waals surface area contributed by atoms with E-state index in [1.807, 2.05) is 24.4 Å². The summed E-state index contributed by atoms with van der Waals surface area (Å²) in [6, 6.07) is 11.7. The van der Waals surface area contributed by atoms with Crippen molar-refractivity contribution in [2.24, 2.45) is 0 Å². The molecule has 1 aliphatic heterocycles. The number of nitrogens with one attached hydrogen (secondary N) is 2. The van der Waals surface area contributed by atoms with Gasteiger partial charge in [-0.3, -0.25) is 9.48 Å². The smallest absolute Gasteiger partial charge is 0.255 e. The van der Waals surface area contributed by atoms with E-state index in [1.54, 1.807) is 0 Å². The molecule has 0 aliphatic carbocycles. The second-order valence-electron chi connectivity index (χ2n) is 6.30. The summed E-state index contributed by atoms with van der Waals surface area (Å²) in [6.45, 7) is 1.99. The number of hydrogen-bond donors (Lipinski definition) is 2. The van der Waals surface area contributed by atoms with Crippen LogP contribution in [0.5, 0.6) is 0 Å². The molecule has 0 radical (unpaired) electrons. The first-order valence-electron chi connectivity index (χ1n) is 8.45. The predicted molar refractivity (Wildman–Crippen MR) is 95.2 cm³/mol. The highest BCUT2D eigenvalue weighted by molar-refractivity contribution is 6.05. The molecular weight excluding hydrogens is 319 g/mol. The lowest BCUT2D eigenvalue weighted by atomic mass is 10.1. The van der Waals surface area contributed by atoms with E-state index in [4.69, 9.17) is 0 Å². The van der Waals surface area contributed by atoms with Gasteiger partial charge in [-0.2, -0.15) is 5.10 Å².